The number of rotatable bonds is 4. The van der Waals surface area contributed by atoms with Crippen molar-refractivity contribution in [1.29, 1.82) is 0 Å². The Morgan fingerprint density at radius 2 is 2.29 bits per heavy atom. The van der Waals surface area contributed by atoms with E-state index in [0.29, 0.717) is 6.54 Å². The van der Waals surface area contributed by atoms with Gasteiger partial charge in [0.1, 0.15) is 0 Å². The van der Waals surface area contributed by atoms with Crippen LogP contribution in [0.25, 0.3) is 5.69 Å². The molecule has 0 saturated carbocycles. The molecule has 90 valence electrons. The van der Waals surface area contributed by atoms with Gasteiger partial charge in [-0.1, -0.05) is 13.0 Å². The summed E-state index contributed by atoms with van der Waals surface area (Å²) in [5.41, 5.74) is 8.11. The maximum Gasteiger partial charge on any atom is 0.0702 e. The summed E-state index contributed by atoms with van der Waals surface area (Å²) in [6.07, 6.45) is 3.86. The van der Waals surface area contributed by atoms with Gasteiger partial charge in [-0.05, 0) is 40.5 Å². The summed E-state index contributed by atoms with van der Waals surface area (Å²) >= 11 is 4.08. The van der Waals surface area contributed by atoms with Crippen molar-refractivity contribution in [2.75, 3.05) is 5.75 Å². The van der Waals surface area contributed by atoms with Crippen LogP contribution in [0.3, 0.4) is 0 Å². The topological polar surface area (TPSA) is 43.8 Å². The van der Waals surface area contributed by atoms with Gasteiger partial charge in [-0.2, -0.15) is 5.10 Å². The highest BCUT2D eigenvalue weighted by Crippen LogP contribution is 2.27. The molecular formula is C12H14IN3S. The number of benzene rings is 1. The SMILES string of the molecule is CCSc1cccc(-n2cc(I)cn2)c1CN. The van der Waals surface area contributed by atoms with E-state index in [4.69, 9.17) is 5.73 Å². The second-order valence-corrected chi connectivity index (χ2v) is 6.05. The predicted molar refractivity (Wildman–Crippen MR) is 80.6 cm³/mol. The largest absolute Gasteiger partial charge is 0.326 e. The first-order chi connectivity index (χ1) is 8.26. The van der Waals surface area contributed by atoms with Crippen LogP contribution in [-0.2, 0) is 6.54 Å². The van der Waals surface area contributed by atoms with E-state index in [9.17, 15) is 0 Å². The van der Waals surface area contributed by atoms with E-state index in [-0.39, 0.29) is 0 Å². The molecule has 2 N–H and O–H groups in total. The van der Waals surface area contributed by atoms with Crippen LogP contribution in [0.5, 0.6) is 0 Å². The molecule has 0 radical (unpaired) electrons. The molecule has 0 atom stereocenters. The summed E-state index contributed by atoms with van der Waals surface area (Å²) in [5.74, 6) is 1.05. The number of halogens is 1. The fourth-order valence-corrected chi connectivity index (χ4v) is 2.93. The van der Waals surface area contributed by atoms with Crippen molar-refractivity contribution in [3.63, 3.8) is 0 Å². The van der Waals surface area contributed by atoms with Gasteiger partial charge in [-0.25, -0.2) is 4.68 Å². The third kappa shape index (κ3) is 2.83. The third-order valence-corrected chi connectivity index (χ3v) is 3.95. The normalized spacial score (nSPS) is 10.8. The number of aromatic nitrogens is 2. The Kier molecular flexibility index (Phi) is 4.47. The summed E-state index contributed by atoms with van der Waals surface area (Å²) in [4.78, 5) is 1.25. The van der Waals surface area contributed by atoms with Gasteiger partial charge in [-0.15, -0.1) is 11.8 Å². The predicted octanol–water partition coefficient (Wildman–Crippen LogP) is 3.05. The fourth-order valence-electron chi connectivity index (χ4n) is 1.70. The Labute approximate surface area is 119 Å². The zero-order valence-electron chi connectivity index (χ0n) is 9.56. The smallest absolute Gasteiger partial charge is 0.0702 e. The summed E-state index contributed by atoms with van der Waals surface area (Å²) in [6, 6.07) is 6.24. The van der Waals surface area contributed by atoms with Crippen molar-refractivity contribution in [1.82, 2.24) is 9.78 Å². The molecule has 1 aromatic carbocycles. The van der Waals surface area contributed by atoms with Crippen LogP contribution in [0, 0.1) is 3.57 Å². The van der Waals surface area contributed by atoms with Gasteiger partial charge in [0.2, 0.25) is 0 Å². The maximum atomic E-state index is 5.87. The standard InChI is InChI=1S/C12H14IN3S/c1-2-17-12-5-3-4-11(10(12)6-14)16-8-9(13)7-15-16/h3-5,7-8H,2,6,14H2,1H3. The fraction of sp³-hybridized carbons (Fsp3) is 0.250. The van der Waals surface area contributed by atoms with Crippen molar-refractivity contribution >= 4 is 34.4 Å². The monoisotopic (exact) mass is 359 g/mol. The lowest BCUT2D eigenvalue weighted by atomic mass is 10.2. The van der Waals surface area contributed by atoms with Crippen molar-refractivity contribution < 1.29 is 0 Å². The number of nitrogens with zero attached hydrogens (tertiary/aromatic N) is 2. The van der Waals surface area contributed by atoms with Crippen molar-refractivity contribution in [3.05, 3.63) is 39.7 Å². The Bertz CT molecular complexity index is 510. The Morgan fingerprint density at radius 1 is 1.47 bits per heavy atom. The minimum atomic E-state index is 0.537. The minimum absolute atomic E-state index is 0.537. The van der Waals surface area contributed by atoms with Gasteiger partial charge in [0.25, 0.3) is 0 Å². The molecule has 0 bridgehead atoms. The highest BCUT2D eigenvalue weighted by Gasteiger charge is 2.09. The van der Waals surface area contributed by atoms with E-state index < -0.39 is 0 Å². The molecule has 0 unspecified atom stereocenters. The summed E-state index contributed by atoms with van der Waals surface area (Å²) < 4.78 is 3.02. The van der Waals surface area contributed by atoms with E-state index >= 15 is 0 Å². The van der Waals surface area contributed by atoms with Crippen molar-refractivity contribution in [2.24, 2.45) is 5.73 Å². The van der Waals surface area contributed by atoms with Crippen LogP contribution in [0.15, 0.2) is 35.5 Å². The van der Waals surface area contributed by atoms with Crippen LogP contribution >= 0.6 is 34.4 Å². The van der Waals surface area contributed by atoms with E-state index in [0.717, 1.165) is 15.0 Å². The Balaban J connectivity index is 2.49. The first kappa shape index (κ1) is 12.9. The van der Waals surface area contributed by atoms with Crippen LogP contribution in [0.4, 0.5) is 0 Å². The van der Waals surface area contributed by atoms with Crippen LogP contribution < -0.4 is 5.73 Å². The van der Waals surface area contributed by atoms with E-state index in [1.165, 1.54) is 10.5 Å². The molecule has 0 aliphatic heterocycles. The molecule has 3 nitrogen and oxygen atoms in total. The van der Waals surface area contributed by atoms with Crippen LogP contribution in [0.1, 0.15) is 12.5 Å². The molecule has 0 aliphatic carbocycles. The highest BCUT2D eigenvalue weighted by molar-refractivity contribution is 14.1. The number of hydrogen-bond acceptors (Lipinski definition) is 3. The lowest BCUT2D eigenvalue weighted by Crippen LogP contribution is -2.06. The molecule has 0 aliphatic rings. The minimum Gasteiger partial charge on any atom is -0.326 e. The van der Waals surface area contributed by atoms with E-state index in [1.807, 2.05) is 28.8 Å². The van der Waals surface area contributed by atoms with E-state index in [1.54, 1.807) is 0 Å². The highest BCUT2D eigenvalue weighted by atomic mass is 127. The van der Waals surface area contributed by atoms with Gasteiger partial charge >= 0.3 is 0 Å². The van der Waals surface area contributed by atoms with Gasteiger partial charge in [0.15, 0.2) is 0 Å². The molecule has 1 aromatic heterocycles. The molecule has 0 amide bonds. The molecule has 0 saturated heterocycles. The maximum absolute atomic E-state index is 5.87. The third-order valence-electron chi connectivity index (χ3n) is 2.41. The van der Waals surface area contributed by atoms with Gasteiger partial charge < -0.3 is 5.73 Å². The molecule has 2 rings (SSSR count). The lowest BCUT2D eigenvalue weighted by Gasteiger charge is -2.12. The molecule has 17 heavy (non-hydrogen) atoms. The zero-order chi connectivity index (χ0) is 12.3. The average Bonchev–Trinajstić information content (AvgIpc) is 2.76. The molecule has 0 spiro atoms. The van der Waals surface area contributed by atoms with Crippen LogP contribution in [0.2, 0.25) is 0 Å². The number of nitrogens with two attached hydrogens (primary N) is 1. The Hall–Kier alpha value is -0.530. The molecule has 1 heterocycles. The first-order valence-corrected chi connectivity index (χ1v) is 7.48. The lowest BCUT2D eigenvalue weighted by molar-refractivity contribution is 0.848. The van der Waals surface area contributed by atoms with Gasteiger partial charge in [-0.3, -0.25) is 0 Å². The Morgan fingerprint density at radius 3 is 2.88 bits per heavy atom. The summed E-state index contributed by atoms with van der Waals surface area (Å²) in [5, 5.41) is 4.34. The number of thioether (sulfide) groups is 1. The quantitative estimate of drug-likeness (QED) is 0.674. The molecule has 0 fully saturated rings. The van der Waals surface area contributed by atoms with Gasteiger partial charge in [0.05, 0.1) is 15.5 Å². The van der Waals surface area contributed by atoms with Crippen LogP contribution in [-0.4, -0.2) is 15.5 Å². The molecular weight excluding hydrogens is 345 g/mol. The molecule has 2 aromatic rings. The zero-order valence-corrected chi connectivity index (χ0v) is 12.5. The second-order valence-electron chi connectivity index (χ2n) is 3.49. The molecule has 5 heteroatoms. The van der Waals surface area contributed by atoms with Gasteiger partial charge in [0, 0.05) is 23.2 Å². The van der Waals surface area contributed by atoms with E-state index in [2.05, 4.69) is 52.8 Å². The first-order valence-electron chi connectivity index (χ1n) is 5.41. The summed E-state index contributed by atoms with van der Waals surface area (Å²) in [6.45, 7) is 2.68. The summed E-state index contributed by atoms with van der Waals surface area (Å²) in [7, 11) is 0. The average molecular weight is 359 g/mol. The second kappa shape index (κ2) is 5.88. The van der Waals surface area contributed by atoms with Crippen molar-refractivity contribution in [3.8, 4) is 5.69 Å². The van der Waals surface area contributed by atoms with Crippen molar-refractivity contribution in [2.45, 2.75) is 18.4 Å². The number of hydrogen-bond donors (Lipinski definition) is 1.